The first-order valence-corrected chi connectivity index (χ1v) is 3.52. The maximum Gasteiger partial charge on any atom is 0.229 e. The molecule has 0 unspecified atom stereocenters. The fraction of sp³-hybridized carbons (Fsp3) is 0.857. The molecule has 0 aromatic heterocycles. The van der Waals surface area contributed by atoms with E-state index >= 15 is 0 Å². The minimum Gasteiger partial charge on any atom is -0.300 e. The molecular formula is C7H15N2O2. The summed E-state index contributed by atoms with van der Waals surface area (Å²) in [5, 5.41) is 10.4. The van der Waals surface area contributed by atoms with Crippen molar-refractivity contribution in [3.05, 3.63) is 17.0 Å². The van der Waals surface area contributed by atoms with Gasteiger partial charge in [0.25, 0.3) is 0 Å². The maximum atomic E-state index is 10.4. The quantitative estimate of drug-likeness (QED) is 0.450. The van der Waals surface area contributed by atoms with Gasteiger partial charge in [0, 0.05) is 18.8 Å². The molecule has 0 aliphatic rings. The van der Waals surface area contributed by atoms with Crippen molar-refractivity contribution in [2.75, 3.05) is 20.1 Å². The Kier molecular flexibility index (Phi) is 3.45. The van der Waals surface area contributed by atoms with E-state index in [1.165, 1.54) is 0 Å². The molecule has 0 rings (SSSR count). The molecule has 0 aliphatic heterocycles. The van der Waals surface area contributed by atoms with Crippen molar-refractivity contribution >= 4 is 0 Å². The molecule has 0 saturated heterocycles. The van der Waals surface area contributed by atoms with E-state index < -0.39 is 5.54 Å². The van der Waals surface area contributed by atoms with Gasteiger partial charge in [0.1, 0.15) is 0 Å². The van der Waals surface area contributed by atoms with Gasteiger partial charge in [-0.05, 0) is 20.5 Å². The molecule has 0 aromatic carbocycles. The van der Waals surface area contributed by atoms with Crippen molar-refractivity contribution in [1.82, 2.24) is 4.90 Å². The molecule has 4 heteroatoms. The van der Waals surface area contributed by atoms with Gasteiger partial charge in [0.15, 0.2) is 0 Å². The molecule has 0 N–H and O–H groups in total. The fourth-order valence-corrected chi connectivity index (χ4v) is 0.797. The molecule has 0 aromatic rings. The summed E-state index contributed by atoms with van der Waals surface area (Å²) in [6, 6.07) is 0. The zero-order valence-corrected chi connectivity index (χ0v) is 7.33. The summed E-state index contributed by atoms with van der Waals surface area (Å²) in [6.45, 7) is 7.88. The Morgan fingerprint density at radius 1 is 1.64 bits per heavy atom. The van der Waals surface area contributed by atoms with Crippen LogP contribution in [-0.2, 0) is 0 Å². The number of hydrogen-bond donors (Lipinski definition) is 0. The van der Waals surface area contributed by atoms with Crippen molar-refractivity contribution in [3.8, 4) is 0 Å². The van der Waals surface area contributed by atoms with Crippen molar-refractivity contribution in [2.24, 2.45) is 0 Å². The van der Waals surface area contributed by atoms with E-state index in [0.717, 1.165) is 0 Å². The Bertz CT molecular complexity index is 145. The molecule has 0 fully saturated rings. The number of rotatable bonds is 4. The lowest BCUT2D eigenvalue weighted by atomic mass is 10.1. The summed E-state index contributed by atoms with van der Waals surface area (Å²) in [5.41, 5.74) is -0.869. The molecule has 0 heterocycles. The third-order valence-electron chi connectivity index (χ3n) is 1.53. The predicted molar refractivity (Wildman–Crippen MR) is 43.9 cm³/mol. The Morgan fingerprint density at radius 2 is 2.09 bits per heavy atom. The molecule has 0 bridgehead atoms. The summed E-state index contributed by atoms with van der Waals surface area (Å²) in [4.78, 5) is 12.0. The van der Waals surface area contributed by atoms with Crippen molar-refractivity contribution in [2.45, 2.75) is 19.4 Å². The summed E-state index contributed by atoms with van der Waals surface area (Å²) < 4.78 is 0. The lowest BCUT2D eigenvalue weighted by Crippen LogP contribution is -2.42. The predicted octanol–water partition coefficient (Wildman–Crippen LogP) is 0.808. The molecule has 4 nitrogen and oxygen atoms in total. The fourth-order valence-electron chi connectivity index (χ4n) is 0.797. The molecule has 0 aliphatic carbocycles. The number of nitro groups is 1. The second-order valence-electron chi connectivity index (χ2n) is 3.31. The first kappa shape index (κ1) is 10.4. The van der Waals surface area contributed by atoms with E-state index in [1.807, 2.05) is 11.9 Å². The van der Waals surface area contributed by atoms with Gasteiger partial charge in [-0.15, -0.1) is 0 Å². The zero-order valence-electron chi connectivity index (χ0n) is 7.33. The number of nitrogens with zero attached hydrogens (tertiary/aromatic N) is 2. The van der Waals surface area contributed by atoms with Crippen LogP contribution < -0.4 is 0 Å². The largest absolute Gasteiger partial charge is 0.300 e. The third-order valence-corrected chi connectivity index (χ3v) is 1.53. The maximum absolute atomic E-state index is 10.4. The summed E-state index contributed by atoms with van der Waals surface area (Å²) in [7, 11) is 1.82. The smallest absolute Gasteiger partial charge is 0.229 e. The third kappa shape index (κ3) is 3.32. The van der Waals surface area contributed by atoms with E-state index in [9.17, 15) is 10.1 Å². The summed E-state index contributed by atoms with van der Waals surface area (Å²) in [6.07, 6.45) is 0. The molecule has 11 heavy (non-hydrogen) atoms. The number of likely N-dealkylation sites (N-methyl/N-ethyl adjacent to an activating group) is 1. The van der Waals surface area contributed by atoms with Crippen molar-refractivity contribution in [3.63, 3.8) is 0 Å². The van der Waals surface area contributed by atoms with E-state index in [-0.39, 0.29) is 4.92 Å². The standard InChI is InChI=1S/C7H15N2O2/c1-5-8(4)6-7(2,3)9(10)11/h1,5-6H2,2-4H3. The first-order chi connectivity index (χ1) is 4.90. The van der Waals surface area contributed by atoms with Crippen LogP contribution in [0, 0.1) is 17.0 Å². The molecule has 0 amide bonds. The number of hydrogen-bond acceptors (Lipinski definition) is 3. The average molecular weight is 159 g/mol. The normalized spacial score (nSPS) is 12.1. The lowest BCUT2D eigenvalue weighted by Gasteiger charge is -2.21. The highest BCUT2D eigenvalue weighted by Gasteiger charge is 2.31. The van der Waals surface area contributed by atoms with Crippen LogP contribution in [0.5, 0.6) is 0 Å². The van der Waals surface area contributed by atoms with Gasteiger partial charge >= 0.3 is 0 Å². The SMILES string of the molecule is [CH2]CN(C)CC(C)(C)[N+](=O)[O-]. The Labute approximate surface area is 67.3 Å². The molecule has 0 atom stereocenters. The van der Waals surface area contributed by atoms with E-state index in [4.69, 9.17) is 0 Å². The summed E-state index contributed by atoms with van der Waals surface area (Å²) >= 11 is 0. The Hall–Kier alpha value is -0.640. The van der Waals surface area contributed by atoms with Crippen LogP contribution >= 0.6 is 0 Å². The van der Waals surface area contributed by atoms with E-state index in [1.54, 1.807) is 13.8 Å². The second kappa shape index (κ2) is 3.67. The molecule has 65 valence electrons. The van der Waals surface area contributed by atoms with Gasteiger partial charge < -0.3 is 0 Å². The van der Waals surface area contributed by atoms with Gasteiger partial charge in [-0.3, -0.25) is 15.0 Å². The van der Waals surface area contributed by atoms with E-state index in [2.05, 4.69) is 6.92 Å². The van der Waals surface area contributed by atoms with Crippen LogP contribution in [0.15, 0.2) is 0 Å². The zero-order chi connectivity index (χ0) is 9.07. The van der Waals surface area contributed by atoms with Gasteiger partial charge in [-0.2, -0.15) is 0 Å². The summed E-state index contributed by atoms with van der Waals surface area (Å²) in [5.74, 6) is 0. The monoisotopic (exact) mass is 159 g/mol. The van der Waals surface area contributed by atoms with Crippen LogP contribution in [-0.4, -0.2) is 35.5 Å². The van der Waals surface area contributed by atoms with Gasteiger partial charge in [0.2, 0.25) is 5.54 Å². The second-order valence-corrected chi connectivity index (χ2v) is 3.31. The van der Waals surface area contributed by atoms with Crippen molar-refractivity contribution < 1.29 is 4.92 Å². The first-order valence-electron chi connectivity index (χ1n) is 3.52. The van der Waals surface area contributed by atoms with Gasteiger partial charge in [-0.1, -0.05) is 0 Å². The molecule has 0 saturated carbocycles. The highest BCUT2D eigenvalue weighted by atomic mass is 16.6. The van der Waals surface area contributed by atoms with Crippen molar-refractivity contribution in [1.29, 1.82) is 0 Å². The lowest BCUT2D eigenvalue weighted by molar-refractivity contribution is -0.560. The highest BCUT2D eigenvalue weighted by molar-refractivity contribution is 4.71. The molecule has 0 spiro atoms. The topological polar surface area (TPSA) is 46.4 Å². The Balaban J connectivity index is 4.01. The minimum absolute atomic E-state index is 0.265. The van der Waals surface area contributed by atoms with Crippen LogP contribution in [0.1, 0.15) is 13.8 Å². The van der Waals surface area contributed by atoms with Gasteiger partial charge in [0.05, 0.1) is 6.54 Å². The highest BCUT2D eigenvalue weighted by Crippen LogP contribution is 2.08. The minimum atomic E-state index is -0.869. The van der Waals surface area contributed by atoms with Crippen LogP contribution in [0.3, 0.4) is 0 Å². The average Bonchev–Trinajstić information content (AvgIpc) is 1.86. The van der Waals surface area contributed by atoms with Crippen LogP contribution in [0.25, 0.3) is 0 Å². The van der Waals surface area contributed by atoms with Crippen LogP contribution in [0.4, 0.5) is 0 Å². The Morgan fingerprint density at radius 3 is 2.36 bits per heavy atom. The van der Waals surface area contributed by atoms with E-state index in [0.29, 0.717) is 13.1 Å². The van der Waals surface area contributed by atoms with Crippen LogP contribution in [0.2, 0.25) is 0 Å². The molecular weight excluding hydrogens is 144 g/mol. The van der Waals surface area contributed by atoms with Gasteiger partial charge in [-0.25, -0.2) is 0 Å². The molecule has 1 radical (unpaired) electrons.